The Morgan fingerprint density at radius 3 is 1.85 bits per heavy atom. The van der Waals surface area contributed by atoms with Gasteiger partial charge in [-0.3, -0.25) is 4.79 Å². The van der Waals surface area contributed by atoms with Crippen LogP contribution in [0.1, 0.15) is 52.4 Å². The van der Waals surface area contributed by atoms with Gasteiger partial charge in [-0.2, -0.15) is 0 Å². The number of thioether (sulfide) groups is 1. The molecule has 41 heavy (non-hydrogen) atoms. The van der Waals surface area contributed by atoms with Gasteiger partial charge in [0.25, 0.3) is 0 Å². The standard InChI is InChI=1S/C31H36O9S/c1-29-13-14-31(15-16(29)7-8-17-18-9-10-20(32)30(18,2)12-11-19(17)29)21(25(33)37-3)23(27(35)39-5)41-24(28(36)40-6)22(31)26(34)38-4/h13-15,17-19H,7-12H2,1-6H3/t17-,18-,19-,29-,30-/m0/s1. The first-order valence-corrected chi connectivity index (χ1v) is 14.7. The number of allylic oxidation sites excluding steroid dienone is 4. The summed E-state index contributed by atoms with van der Waals surface area (Å²) in [5.74, 6) is -2.03. The van der Waals surface area contributed by atoms with Gasteiger partial charge in [0.2, 0.25) is 0 Å². The molecule has 0 unspecified atom stereocenters. The van der Waals surface area contributed by atoms with Gasteiger partial charge < -0.3 is 18.9 Å². The summed E-state index contributed by atoms with van der Waals surface area (Å²) in [6, 6.07) is 0. The topological polar surface area (TPSA) is 122 Å². The smallest absolute Gasteiger partial charge is 0.345 e. The van der Waals surface area contributed by atoms with Crippen molar-refractivity contribution in [1.29, 1.82) is 0 Å². The summed E-state index contributed by atoms with van der Waals surface area (Å²) in [6.45, 7) is 4.30. The van der Waals surface area contributed by atoms with Crippen LogP contribution in [0.3, 0.4) is 0 Å². The molecule has 9 nitrogen and oxygen atoms in total. The first-order chi connectivity index (χ1) is 19.4. The maximum absolute atomic E-state index is 13.4. The van der Waals surface area contributed by atoms with E-state index in [2.05, 4.69) is 13.8 Å². The number of hydrogen-bond acceptors (Lipinski definition) is 10. The summed E-state index contributed by atoms with van der Waals surface area (Å²) in [4.78, 5) is 65.5. The van der Waals surface area contributed by atoms with E-state index in [9.17, 15) is 24.0 Å². The molecule has 1 aliphatic heterocycles. The highest BCUT2D eigenvalue weighted by atomic mass is 32.2. The Balaban J connectivity index is 1.72. The predicted molar refractivity (Wildman–Crippen MR) is 149 cm³/mol. The van der Waals surface area contributed by atoms with E-state index in [0.717, 1.165) is 31.3 Å². The molecule has 5 rings (SSSR count). The van der Waals surface area contributed by atoms with E-state index in [0.29, 0.717) is 42.2 Å². The number of carbonyl (C=O) groups excluding carboxylic acids is 5. The van der Waals surface area contributed by atoms with Gasteiger partial charge in [0.05, 0.1) is 45.0 Å². The molecule has 0 aromatic heterocycles. The lowest BCUT2D eigenvalue weighted by atomic mass is 9.47. The first kappa shape index (κ1) is 29.4. The number of esters is 4. The van der Waals surface area contributed by atoms with Crippen molar-refractivity contribution in [1.82, 2.24) is 0 Å². The lowest BCUT2D eigenvalue weighted by Crippen LogP contribution is -2.50. The number of ketones is 1. The molecule has 0 amide bonds. The molecule has 1 spiro atoms. The minimum atomic E-state index is -1.63. The second kappa shape index (κ2) is 10.3. The first-order valence-electron chi connectivity index (χ1n) is 13.9. The van der Waals surface area contributed by atoms with E-state index < -0.39 is 34.7 Å². The van der Waals surface area contributed by atoms with E-state index in [4.69, 9.17) is 18.9 Å². The third-order valence-electron chi connectivity index (χ3n) is 10.5. The summed E-state index contributed by atoms with van der Waals surface area (Å²) >= 11 is 0.638. The quantitative estimate of drug-likeness (QED) is 0.270. The number of methoxy groups -OCH3 is 4. The highest BCUT2D eigenvalue weighted by Crippen LogP contribution is 2.66. The van der Waals surface area contributed by atoms with Crippen molar-refractivity contribution >= 4 is 41.4 Å². The van der Waals surface area contributed by atoms with E-state index >= 15 is 0 Å². The summed E-state index contributed by atoms with van der Waals surface area (Å²) in [5.41, 5.74) is -1.55. The van der Waals surface area contributed by atoms with Crippen LogP contribution in [0.15, 0.2) is 44.8 Å². The molecule has 3 saturated carbocycles. The molecule has 0 radical (unpaired) electrons. The molecule has 5 aliphatic rings. The molecule has 5 atom stereocenters. The molecule has 3 fully saturated rings. The molecular weight excluding hydrogens is 548 g/mol. The fraction of sp³-hybridized carbons (Fsp3) is 0.581. The summed E-state index contributed by atoms with van der Waals surface area (Å²) in [7, 11) is 4.73. The van der Waals surface area contributed by atoms with E-state index in [-0.39, 0.29) is 32.3 Å². The van der Waals surface area contributed by atoms with Crippen molar-refractivity contribution in [3.8, 4) is 0 Å². The van der Waals surface area contributed by atoms with Gasteiger partial charge in [-0.05, 0) is 49.9 Å². The van der Waals surface area contributed by atoms with Gasteiger partial charge >= 0.3 is 23.9 Å². The highest BCUT2D eigenvalue weighted by Gasteiger charge is 2.60. The molecule has 0 aromatic rings. The third kappa shape index (κ3) is 4.07. The Kier molecular flexibility index (Phi) is 7.37. The fourth-order valence-electron chi connectivity index (χ4n) is 8.34. The van der Waals surface area contributed by atoms with Crippen LogP contribution < -0.4 is 0 Å². The predicted octanol–water partition coefficient (Wildman–Crippen LogP) is 4.23. The Morgan fingerprint density at radius 2 is 1.32 bits per heavy atom. The molecule has 220 valence electrons. The Hall–Kier alpha value is -3.14. The van der Waals surface area contributed by atoms with Gasteiger partial charge in [-0.1, -0.05) is 49.4 Å². The zero-order chi connectivity index (χ0) is 29.9. The summed E-state index contributed by atoms with van der Waals surface area (Å²) in [5, 5.41) is 0. The molecule has 10 heteroatoms. The van der Waals surface area contributed by atoms with Crippen molar-refractivity contribution in [2.45, 2.75) is 52.4 Å². The molecule has 1 heterocycles. The number of carbonyl (C=O) groups is 5. The van der Waals surface area contributed by atoms with E-state index in [1.165, 1.54) is 28.4 Å². The lowest BCUT2D eigenvalue weighted by molar-refractivity contribution is -0.141. The highest BCUT2D eigenvalue weighted by molar-refractivity contribution is 8.08. The zero-order valence-corrected chi connectivity index (χ0v) is 25.1. The van der Waals surface area contributed by atoms with E-state index in [1.54, 1.807) is 6.08 Å². The second-order valence-corrected chi connectivity index (χ2v) is 13.0. The van der Waals surface area contributed by atoms with Crippen LogP contribution in [0.2, 0.25) is 0 Å². The maximum atomic E-state index is 13.4. The Labute approximate surface area is 243 Å². The number of rotatable bonds is 4. The van der Waals surface area contributed by atoms with Crippen molar-refractivity contribution in [3.63, 3.8) is 0 Å². The number of Topliss-reactive ketones (excluding diaryl/α,β-unsaturated/α-hetero) is 1. The monoisotopic (exact) mass is 584 g/mol. The van der Waals surface area contributed by atoms with Crippen molar-refractivity contribution < 1.29 is 42.9 Å². The van der Waals surface area contributed by atoms with Gasteiger partial charge in [0, 0.05) is 17.3 Å². The number of fused-ring (bicyclic) bond motifs is 5. The van der Waals surface area contributed by atoms with Crippen molar-refractivity contribution in [2.24, 2.45) is 34.0 Å². The van der Waals surface area contributed by atoms with Crippen molar-refractivity contribution in [2.75, 3.05) is 28.4 Å². The summed E-state index contributed by atoms with van der Waals surface area (Å²) in [6.07, 6.45) is 10.4. The Morgan fingerprint density at radius 1 is 0.756 bits per heavy atom. The van der Waals surface area contributed by atoms with Crippen LogP contribution in [0, 0.1) is 34.0 Å². The normalized spacial score (nSPS) is 33.4. The van der Waals surface area contributed by atoms with Crippen molar-refractivity contribution in [3.05, 3.63) is 44.8 Å². The molecule has 4 aliphatic carbocycles. The lowest BCUT2D eigenvalue weighted by Gasteiger charge is -2.57. The van der Waals surface area contributed by atoms with Crippen LogP contribution in [0.25, 0.3) is 0 Å². The fourth-order valence-corrected chi connectivity index (χ4v) is 9.58. The van der Waals surface area contributed by atoms with Gasteiger partial charge in [-0.25, -0.2) is 19.2 Å². The largest absolute Gasteiger partial charge is 0.466 e. The average molecular weight is 585 g/mol. The number of hydrogen-bond donors (Lipinski definition) is 0. The zero-order valence-electron chi connectivity index (χ0n) is 24.3. The van der Waals surface area contributed by atoms with E-state index in [1.807, 2.05) is 12.2 Å². The molecule has 0 aromatic carbocycles. The van der Waals surface area contributed by atoms with Crippen LogP contribution in [0.5, 0.6) is 0 Å². The average Bonchev–Trinajstić information content (AvgIpc) is 3.29. The molecule has 0 bridgehead atoms. The Bertz CT molecular complexity index is 1310. The van der Waals surface area contributed by atoms with Gasteiger partial charge in [0.15, 0.2) is 0 Å². The molecule has 0 N–H and O–H groups in total. The minimum absolute atomic E-state index is 0.115. The van der Waals surface area contributed by atoms with Crippen LogP contribution in [0.4, 0.5) is 0 Å². The van der Waals surface area contributed by atoms with Crippen LogP contribution in [-0.2, 0) is 42.9 Å². The molecule has 0 saturated heterocycles. The third-order valence-corrected chi connectivity index (χ3v) is 11.6. The molecular formula is C31H36O9S. The van der Waals surface area contributed by atoms with Crippen LogP contribution in [-0.4, -0.2) is 58.1 Å². The van der Waals surface area contributed by atoms with Crippen LogP contribution >= 0.6 is 11.8 Å². The summed E-state index contributed by atoms with van der Waals surface area (Å²) < 4.78 is 20.3. The van der Waals surface area contributed by atoms with Gasteiger partial charge in [0.1, 0.15) is 15.6 Å². The maximum Gasteiger partial charge on any atom is 0.345 e. The minimum Gasteiger partial charge on any atom is -0.466 e. The van der Waals surface area contributed by atoms with Gasteiger partial charge in [-0.15, -0.1) is 0 Å². The SMILES string of the molecule is COC(=O)C1=C(C(=O)OC)C2(C=C[C@@]3(C)C(=C2)CC[C@@H]2[C@@H]3CC[C@]3(C)C(=O)CC[C@@H]23)C(C(=O)OC)=C(C(=O)OC)S1. The number of ether oxygens (including phenoxy) is 4. The second-order valence-electron chi connectivity index (χ2n) is 12.0.